The molecule has 0 radical (unpaired) electrons. The Morgan fingerprint density at radius 1 is 0.815 bits per heavy atom. The van der Waals surface area contributed by atoms with E-state index in [0.29, 0.717) is 12.3 Å². The van der Waals surface area contributed by atoms with Crippen molar-refractivity contribution in [1.82, 2.24) is 15.4 Å². The van der Waals surface area contributed by atoms with Gasteiger partial charge >= 0.3 is 0 Å². The lowest BCUT2D eigenvalue weighted by molar-refractivity contribution is 0.306. The largest absolute Gasteiger partial charge is 0.489 e. The molecule has 5 heteroatoms. The molecule has 0 amide bonds. The molecule has 0 aliphatic carbocycles. The molecule has 130 valence electrons. The van der Waals surface area contributed by atoms with Gasteiger partial charge in [-0.3, -0.25) is 0 Å². The molecule has 1 heterocycles. The molecule has 1 N–H and O–H groups in total. The zero-order valence-corrected chi connectivity index (χ0v) is 14.5. The molecule has 1 aromatic heterocycles. The summed E-state index contributed by atoms with van der Waals surface area (Å²) < 4.78 is 5.84. The molecular weight excluding hydrogens is 336 g/mol. The predicted octanol–water partition coefficient (Wildman–Crippen LogP) is 4.59. The van der Waals surface area contributed by atoms with Crippen molar-refractivity contribution in [3.63, 3.8) is 0 Å². The number of benzene rings is 3. The van der Waals surface area contributed by atoms with Crippen molar-refractivity contribution in [2.75, 3.05) is 0 Å². The third kappa shape index (κ3) is 3.70. The van der Waals surface area contributed by atoms with E-state index in [2.05, 4.69) is 15.4 Å². The number of aromatic amines is 1. The molecule has 5 nitrogen and oxygen atoms in total. The lowest BCUT2D eigenvalue weighted by Crippen LogP contribution is -1.94. The lowest BCUT2D eigenvalue weighted by Gasteiger charge is -2.08. The van der Waals surface area contributed by atoms with Gasteiger partial charge in [-0.2, -0.15) is 15.6 Å². The van der Waals surface area contributed by atoms with Crippen LogP contribution >= 0.6 is 0 Å². The Labute approximate surface area is 156 Å². The molecule has 0 saturated heterocycles. The molecule has 0 aliphatic rings. The third-order valence-electron chi connectivity index (χ3n) is 4.23. The maximum absolute atomic E-state index is 9.13. The van der Waals surface area contributed by atoms with Gasteiger partial charge in [0.1, 0.15) is 24.1 Å². The van der Waals surface area contributed by atoms with Crippen molar-refractivity contribution in [2.45, 2.75) is 6.61 Å². The maximum Gasteiger partial charge on any atom is 0.190 e. The van der Waals surface area contributed by atoms with E-state index in [1.54, 1.807) is 0 Å². The van der Waals surface area contributed by atoms with E-state index < -0.39 is 0 Å². The number of hydrogen-bond donors (Lipinski definition) is 1. The average Bonchev–Trinajstić information content (AvgIpc) is 3.22. The van der Waals surface area contributed by atoms with Crippen molar-refractivity contribution < 1.29 is 4.74 Å². The first kappa shape index (κ1) is 16.6. The zero-order valence-electron chi connectivity index (χ0n) is 14.5. The van der Waals surface area contributed by atoms with Crippen LogP contribution in [-0.4, -0.2) is 15.4 Å². The highest BCUT2D eigenvalue weighted by atomic mass is 16.5. The van der Waals surface area contributed by atoms with Gasteiger partial charge in [0.05, 0.1) is 0 Å². The minimum Gasteiger partial charge on any atom is -0.489 e. The van der Waals surface area contributed by atoms with E-state index in [1.807, 2.05) is 84.9 Å². The number of H-pyrrole nitrogens is 1. The van der Waals surface area contributed by atoms with Gasteiger partial charge in [0.15, 0.2) is 5.69 Å². The summed E-state index contributed by atoms with van der Waals surface area (Å²) in [6.07, 6.45) is 0. The summed E-state index contributed by atoms with van der Waals surface area (Å²) in [5.41, 5.74) is 4.93. The second kappa shape index (κ2) is 7.54. The minimum atomic E-state index is 0.289. The van der Waals surface area contributed by atoms with Crippen LogP contribution in [0.2, 0.25) is 0 Å². The first-order valence-electron chi connectivity index (χ1n) is 8.52. The number of nitriles is 1. The quantitative estimate of drug-likeness (QED) is 0.570. The summed E-state index contributed by atoms with van der Waals surface area (Å²) in [5, 5.41) is 19.6. The number of nitrogens with one attached hydrogen (secondary N) is 1. The molecule has 0 bridgehead atoms. The monoisotopic (exact) mass is 352 g/mol. The second-order valence-electron chi connectivity index (χ2n) is 6.01. The molecule has 0 unspecified atom stereocenters. The Kier molecular flexibility index (Phi) is 4.62. The molecule has 4 aromatic rings. The van der Waals surface area contributed by atoms with Crippen LogP contribution in [0.3, 0.4) is 0 Å². The fraction of sp³-hybridized carbons (Fsp3) is 0.0455. The standard InChI is InChI=1S/C22H16N4O/c23-14-21-22(25-26-24-21)19-8-4-7-18(13-19)17-9-11-20(12-10-17)27-15-16-5-2-1-3-6-16/h1-13H,15H2,(H,24,25,26). The fourth-order valence-corrected chi connectivity index (χ4v) is 2.84. The van der Waals surface area contributed by atoms with Crippen molar-refractivity contribution in [1.29, 1.82) is 5.26 Å². The van der Waals surface area contributed by atoms with E-state index >= 15 is 0 Å². The molecule has 0 spiro atoms. The summed E-state index contributed by atoms with van der Waals surface area (Å²) in [7, 11) is 0. The molecule has 0 atom stereocenters. The summed E-state index contributed by atoms with van der Waals surface area (Å²) in [4.78, 5) is 0. The molecule has 0 aliphatic heterocycles. The van der Waals surface area contributed by atoms with Crippen molar-refractivity contribution in [3.8, 4) is 34.2 Å². The number of nitrogens with zero attached hydrogens (tertiary/aromatic N) is 3. The number of hydrogen-bond acceptors (Lipinski definition) is 4. The Hall–Kier alpha value is -3.91. The molecule has 0 saturated carbocycles. The summed E-state index contributed by atoms with van der Waals surface area (Å²) in [5.74, 6) is 0.821. The van der Waals surface area contributed by atoms with Crippen LogP contribution in [0.1, 0.15) is 11.3 Å². The highest BCUT2D eigenvalue weighted by molar-refractivity contribution is 5.73. The van der Waals surface area contributed by atoms with Gasteiger partial charge in [-0.25, -0.2) is 0 Å². The predicted molar refractivity (Wildman–Crippen MR) is 103 cm³/mol. The van der Waals surface area contributed by atoms with Crippen LogP contribution in [0, 0.1) is 11.3 Å². The number of aromatic nitrogens is 3. The van der Waals surface area contributed by atoms with E-state index in [9.17, 15) is 0 Å². The first-order chi connectivity index (χ1) is 13.3. The highest BCUT2D eigenvalue weighted by Gasteiger charge is 2.10. The Morgan fingerprint density at radius 2 is 1.59 bits per heavy atom. The second-order valence-corrected chi connectivity index (χ2v) is 6.01. The first-order valence-corrected chi connectivity index (χ1v) is 8.52. The summed E-state index contributed by atoms with van der Waals surface area (Å²) in [6, 6.07) is 28.0. The fourth-order valence-electron chi connectivity index (χ4n) is 2.84. The molecule has 27 heavy (non-hydrogen) atoms. The van der Waals surface area contributed by atoms with Crippen LogP contribution in [0.15, 0.2) is 78.9 Å². The van der Waals surface area contributed by atoms with Gasteiger partial charge < -0.3 is 4.74 Å². The van der Waals surface area contributed by atoms with Crippen molar-refractivity contribution >= 4 is 0 Å². The van der Waals surface area contributed by atoms with Crippen molar-refractivity contribution in [2.24, 2.45) is 0 Å². The topological polar surface area (TPSA) is 74.6 Å². The van der Waals surface area contributed by atoms with Crippen molar-refractivity contribution in [3.05, 3.63) is 90.1 Å². The SMILES string of the molecule is N#Cc1n[nH]nc1-c1cccc(-c2ccc(OCc3ccccc3)cc2)c1. The molecule has 4 rings (SSSR count). The Morgan fingerprint density at radius 3 is 2.37 bits per heavy atom. The van der Waals surface area contributed by atoms with Gasteiger partial charge in [0.2, 0.25) is 0 Å². The van der Waals surface area contributed by atoms with Gasteiger partial charge in [-0.15, -0.1) is 5.10 Å². The van der Waals surface area contributed by atoms with E-state index in [0.717, 1.165) is 28.0 Å². The summed E-state index contributed by atoms with van der Waals surface area (Å²) in [6.45, 7) is 0.540. The molecule has 0 fully saturated rings. The lowest BCUT2D eigenvalue weighted by atomic mass is 10.0. The van der Waals surface area contributed by atoms with Gasteiger partial charge in [-0.05, 0) is 34.9 Å². The van der Waals surface area contributed by atoms with Crippen LogP contribution in [0.5, 0.6) is 5.75 Å². The van der Waals surface area contributed by atoms with E-state index in [4.69, 9.17) is 10.00 Å². The van der Waals surface area contributed by atoms with E-state index in [-0.39, 0.29) is 5.69 Å². The van der Waals surface area contributed by atoms with Gasteiger partial charge in [-0.1, -0.05) is 60.7 Å². The van der Waals surface area contributed by atoms with Crippen LogP contribution in [-0.2, 0) is 6.61 Å². The normalized spacial score (nSPS) is 10.3. The zero-order chi connectivity index (χ0) is 18.5. The Bertz CT molecular complexity index is 1080. The van der Waals surface area contributed by atoms with Crippen LogP contribution < -0.4 is 4.74 Å². The highest BCUT2D eigenvalue weighted by Crippen LogP contribution is 2.27. The Balaban J connectivity index is 1.52. The van der Waals surface area contributed by atoms with Crippen LogP contribution in [0.25, 0.3) is 22.4 Å². The average molecular weight is 352 g/mol. The van der Waals surface area contributed by atoms with Gasteiger partial charge in [0, 0.05) is 5.56 Å². The number of ether oxygens (including phenoxy) is 1. The molecular formula is C22H16N4O. The van der Waals surface area contributed by atoms with Crippen LogP contribution in [0.4, 0.5) is 0 Å². The van der Waals surface area contributed by atoms with Gasteiger partial charge in [0.25, 0.3) is 0 Å². The number of rotatable bonds is 5. The smallest absolute Gasteiger partial charge is 0.190 e. The van der Waals surface area contributed by atoms with E-state index in [1.165, 1.54) is 0 Å². The summed E-state index contributed by atoms with van der Waals surface area (Å²) >= 11 is 0. The molecule has 3 aromatic carbocycles. The third-order valence-corrected chi connectivity index (χ3v) is 4.23. The maximum atomic E-state index is 9.13. The minimum absolute atomic E-state index is 0.289.